The molecule has 0 saturated carbocycles. The minimum absolute atomic E-state index is 0.204. The van der Waals surface area contributed by atoms with Crippen LogP contribution < -0.4 is 0 Å². The highest BCUT2D eigenvalue weighted by molar-refractivity contribution is 5.70. The van der Waals surface area contributed by atoms with E-state index in [-0.39, 0.29) is 26.1 Å². The van der Waals surface area contributed by atoms with Gasteiger partial charge in [-0.3, -0.25) is 9.59 Å². The molecule has 10 heteroatoms. The first kappa shape index (κ1) is 44.9. The van der Waals surface area contributed by atoms with Crippen molar-refractivity contribution >= 4 is 11.9 Å². The summed E-state index contributed by atoms with van der Waals surface area (Å²) in [4.78, 5) is 25.0. The topological polar surface area (TPSA) is 152 Å². The Balaban J connectivity index is 2.39. The van der Waals surface area contributed by atoms with E-state index in [2.05, 4.69) is 50.3 Å². The number of aliphatic hydroxyl groups is 4. The summed E-state index contributed by atoms with van der Waals surface area (Å²) in [6.07, 6.45) is 24.8. The van der Waals surface area contributed by atoms with Crippen LogP contribution in [0.2, 0.25) is 0 Å². The van der Waals surface area contributed by atoms with Gasteiger partial charge in [0.15, 0.2) is 12.4 Å². The van der Waals surface area contributed by atoms with Crippen molar-refractivity contribution in [3.8, 4) is 0 Å². The summed E-state index contributed by atoms with van der Waals surface area (Å²) < 4.78 is 21.9. The molecule has 2 unspecified atom stereocenters. The minimum atomic E-state index is -1.60. The molecule has 1 aliphatic heterocycles. The van der Waals surface area contributed by atoms with E-state index in [4.69, 9.17) is 18.9 Å². The van der Waals surface area contributed by atoms with Crippen LogP contribution in [-0.4, -0.2) is 89.0 Å². The summed E-state index contributed by atoms with van der Waals surface area (Å²) in [7, 11) is 0. The number of esters is 2. The van der Waals surface area contributed by atoms with Crippen LogP contribution >= 0.6 is 0 Å². The van der Waals surface area contributed by atoms with E-state index in [1.807, 2.05) is 0 Å². The Morgan fingerprint density at radius 2 is 1.16 bits per heavy atom. The first-order valence-corrected chi connectivity index (χ1v) is 19.1. The highest BCUT2D eigenvalue weighted by Gasteiger charge is 2.44. The van der Waals surface area contributed by atoms with Crippen LogP contribution in [0.5, 0.6) is 0 Å². The number of unbranched alkanes of at least 4 members (excludes halogenated alkanes) is 13. The van der Waals surface area contributed by atoms with Crippen molar-refractivity contribution in [2.75, 3.05) is 19.8 Å². The summed E-state index contributed by atoms with van der Waals surface area (Å²) >= 11 is 0. The van der Waals surface area contributed by atoms with Crippen molar-refractivity contribution in [1.29, 1.82) is 0 Å². The first-order chi connectivity index (χ1) is 23.8. The number of aliphatic hydroxyl groups excluding tert-OH is 4. The number of rotatable bonds is 30. The fourth-order valence-corrected chi connectivity index (χ4v) is 5.44. The number of carbonyl (C=O) groups is 2. The van der Waals surface area contributed by atoms with Crippen molar-refractivity contribution in [2.24, 2.45) is 0 Å². The quantitative estimate of drug-likeness (QED) is 0.0360. The normalized spacial score (nSPS) is 22.0. The molecule has 1 aliphatic rings. The predicted molar refractivity (Wildman–Crippen MR) is 192 cm³/mol. The van der Waals surface area contributed by atoms with Gasteiger partial charge < -0.3 is 39.4 Å². The van der Waals surface area contributed by atoms with E-state index >= 15 is 0 Å². The molecule has 1 rings (SSSR count). The predicted octanol–water partition coefficient (Wildman–Crippen LogP) is 6.77. The van der Waals surface area contributed by atoms with Gasteiger partial charge in [-0.1, -0.05) is 121 Å². The van der Waals surface area contributed by atoms with Gasteiger partial charge in [-0.25, -0.2) is 0 Å². The fourth-order valence-electron chi connectivity index (χ4n) is 5.44. The summed E-state index contributed by atoms with van der Waals surface area (Å²) in [6.45, 7) is 3.28. The van der Waals surface area contributed by atoms with Gasteiger partial charge in [-0.05, 0) is 44.9 Å². The number of hydrogen-bond acceptors (Lipinski definition) is 10. The molecule has 0 spiro atoms. The minimum Gasteiger partial charge on any atom is -0.462 e. The van der Waals surface area contributed by atoms with Gasteiger partial charge in [0.25, 0.3) is 0 Å². The van der Waals surface area contributed by atoms with Gasteiger partial charge in [0.05, 0.1) is 13.2 Å². The SMILES string of the molecule is CCCCCCCC/C=C/C/C=C/C/C=C/CCCC(=O)OC[C@@H](CO[C@H]1O[C@@H](CO)[C@@H](O)C(O)C1O)OC(=O)CCCCCCCCC. The lowest BCUT2D eigenvalue weighted by atomic mass is 9.99. The Bertz CT molecular complexity index is 902. The molecule has 0 bridgehead atoms. The first-order valence-electron chi connectivity index (χ1n) is 19.1. The number of ether oxygens (including phenoxy) is 4. The lowest BCUT2D eigenvalue weighted by Gasteiger charge is -2.39. The van der Waals surface area contributed by atoms with Crippen molar-refractivity contribution in [3.05, 3.63) is 36.5 Å². The summed E-state index contributed by atoms with van der Waals surface area (Å²) in [6, 6.07) is 0. The van der Waals surface area contributed by atoms with E-state index < -0.39 is 55.4 Å². The van der Waals surface area contributed by atoms with Gasteiger partial charge in [0.2, 0.25) is 0 Å². The van der Waals surface area contributed by atoms with Crippen molar-refractivity contribution in [2.45, 2.75) is 179 Å². The van der Waals surface area contributed by atoms with E-state index in [0.717, 1.165) is 44.9 Å². The van der Waals surface area contributed by atoms with Gasteiger partial charge in [-0.15, -0.1) is 0 Å². The molecule has 6 atom stereocenters. The van der Waals surface area contributed by atoms with Crippen LogP contribution in [0.4, 0.5) is 0 Å². The Hall–Kier alpha value is -2.08. The van der Waals surface area contributed by atoms with Gasteiger partial charge in [-0.2, -0.15) is 0 Å². The molecule has 0 aliphatic carbocycles. The molecule has 1 saturated heterocycles. The Morgan fingerprint density at radius 1 is 0.633 bits per heavy atom. The second-order valence-corrected chi connectivity index (χ2v) is 13.0. The van der Waals surface area contributed by atoms with Crippen molar-refractivity contribution in [3.63, 3.8) is 0 Å². The molecule has 0 aromatic rings. The molecule has 0 radical (unpaired) electrons. The van der Waals surface area contributed by atoms with Gasteiger partial charge >= 0.3 is 11.9 Å². The fraction of sp³-hybridized carbons (Fsp3) is 0.795. The molecule has 1 heterocycles. The zero-order chi connectivity index (χ0) is 36.0. The summed E-state index contributed by atoms with van der Waals surface area (Å²) in [5.41, 5.74) is 0. The molecule has 49 heavy (non-hydrogen) atoms. The summed E-state index contributed by atoms with van der Waals surface area (Å²) in [5.74, 6) is -0.877. The largest absolute Gasteiger partial charge is 0.462 e. The molecule has 0 aromatic carbocycles. The number of hydrogen-bond donors (Lipinski definition) is 4. The lowest BCUT2D eigenvalue weighted by molar-refractivity contribution is -0.305. The third kappa shape index (κ3) is 23.1. The van der Waals surface area contributed by atoms with Crippen LogP contribution in [-0.2, 0) is 28.5 Å². The molecule has 0 amide bonds. The maximum atomic E-state index is 12.6. The highest BCUT2D eigenvalue weighted by Crippen LogP contribution is 2.22. The van der Waals surface area contributed by atoms with E-state index in [1.165, 1.54) is 57.8 Å². The van der Waals surface area contributed by atoms with Crippen molar-refractivity contribution < 1.29 is 49.0 Å². The zero-order valence-electron chi connectivity index (χ0n) is 30.4. The smallest absolute Gasteiger partial charge is 0.306 e. The highest BCUT2D eigenvalue weighted by atomic mass is 16.7. The van der Waals surface area contributed by atoms with Crippen LogP contribution in [0.3, 0.4) is 0 Å². The third-order valence-electron chi connectivity index (χ3n) is 8.53. The van der Waals surface area contributed by atoms with Gasteiger partial charge in [0.1, 0.15) is 31.0 Å². The number of allylic oxidation sites excluding steroid dienone is 6. The summed E-state index contributed by atoms with van der Waals surface area (Å²) in [5, 5.41) is 39.8. The molecule has 4 N–H and O–H groups in total. The second-order valence-electron chi connectivity index (χ2n) is 13.0. The standard InChI is InChI=1S/C39H68O10/c1-3-5-7-9-11-12-13-14-15-16-17-18-19-20-22-23-25-27-34(41)46-30-32(48-35(42)28-26-24-21-10-8-6-4-2)31-47-39-38(45)37(44)36(43)33(29-40)49-39/h14-15,17-18,20,22,32-33,36-40,43-45H,3-13,16,19,21,23-31H2,1-2H3/b15-14+,18-17+,22-20+/t32-,33-,36+,37?,38?,39-/m0/s1. The van der Waals surface area contributed by atoms with Gasteiger partial charge in [0, 0.05) is 12.8 Å². The second kappa shape index (κ2) is 30.7. The maximum Gasteiger partial charge on any atom is 0.306 e. The zero-order valence-corrected chi connectivity index (χ0v) is 30.4. The molecule has 284 valence electrons. The molecule has 0 aromatic heterocycles. The lowest BCUT2D eigenvalue weighted by Crippen LogP contribution is -2.59. The average Bonchev–Trinajstić information content (AvgIpc) is 3.10. The van der Waals surface area contributed by atoms with Crippen molar-refractivity contribution in [1.82, 2.24) is 0 Å². The Kier molecular flexibility index (Phi) is 28.2. The molecule has 1 fully saturated rings. The Morgan fingerprint density at radius 3 is 1.78 bits per heavy atom. The van der Waals surface area contributed by atoms with Crippen LogP contribution in [0.1, 0.15) is 142 Å². The van der Waals surface area contributed by atoms with Crippen LogP contribution in [0.25, 0.3) is 0 Å². The number of carbonyl (C=O) groups excluding carboxylic acids is 2. The Labute approximate surface area is 295 Å². The molecular formula is C39H68O10. The third-order valence-corrected chi connectivity index (χ3v) is 8.53. The monoisotopic (exact) mass is 696 g/mol. The average molecular weight is 697 g/mol. The van der Waals surface area contributed by atoms with Crippen LogP contribution in [0.15, 0.2) is 36.5 Å². The van der Waals surface area contributed by atoms with E-state index in [9.17, 15) is 30.0 Å². The molecular weight excluding hydrogens is 628 g/mol. The maximum absolute atomic E-state index is 12.6. The van der Waals surface area contributed by atoms with Crippen LogP contribution in [0, 0.1) is 0 Å². The van der Waals surface area contributed by atoms with E-state index in [0.29, 0.717) is 12.8 Å². The molecule has 10 nitrogen and oxygen atoms in total. The van der Waals surface area contributed by atoms with E-state index in [1.54, 1.807) is 0 Å².